The van der Waals surface area contributed by atoms with Gasteiger partial charge in [-0.15, -0.1) is 0 Å². The van der Waals surface area contributed by atoms with Crippen molar-refractivity contribution < 1.29 is 13.2 Å². The van der Waals surface area contributed by atoms with Crippen LogP contribution >= 0.6 is 0 Å². The lowest BCUT2D eigenvalue weighted by Gasteiger charge is -2.26. The van der Waals surface area contributed by atoms with Crippen LogP contribution in [0.3, 0.4) is 0 Å². The average molecular weight is 335 g/mol. The zero-order valence-corrected chi connectivity index (χ0v) is 14.4. The molecule has 0 saturated heterocycles. The molecule has 0 fully saturated rings. The summed E-state index contributed by atoms with van der Waals surface area (Å²) < 4.78 is 33.1. The van der Waals surface area contributed by atoms with Gasteiger partial charge in [-0.1, -0.05) is 0 Å². The number of aromatic amines is 1. The summed E-state index contributed by atoms with van der Waals surface area (Å²) in [6.45, 7) is 6.93. The highest BCUT2D eigenvalue weighted by molar-refractivity contribution is 7.89. The smallest absolute Gasteiger partial charge is 0.243 e. The molecular weight excluding hydrogens is 314 g/mol. The highest BCUT2D eigenvalue weighted by atomic mass is 32.2. The summed E-state index contributed by atoms with van der Waals surface area (Å²) in [4.78, 5) is 7.59. The molecule has 6 nitrogen and oxygen atoms in total. The number of benzene rings is 1. The first-order valence-electron chi connectivity index (χ1n) is 7.68. The summed E-state index contributed by atoms with van der Waals surface area (Å²) in [5.41, 5.74) is 3.36. The summed E-state index contributed by atoms with van der Waals surface area (Å²) in [5, 5.41) is 0. The maximum Gasteiger partial charge on any atom is 0.243 e. The molecule has 124 valence electrons. The summed E-state index contributed by atoms with van der Waals surface area (Å²) in [7, 11) is -3.54. The predicted octanol–water partition coefficient (Wildman–Crippen LogP) is 2.17. The molecule has 2 aromatic rings. The molecule has 0 saturated carbocycles. The Kier molecular flexibility index (Phi) is 4.16. The first-order chi connectivity index (χ1) is 10.9. The Labute approximate surface area is 136 Å². The van der Waals surface area contributed by atoms with Crippen LogP contribution in [0.1, 0.15) is 29.4 Å². The topological polar surface area (TPSA) is 75.3 Å². The van der Waals surface area contributed by atoms with Crippen LogP contribution in [-0.2, 0) is 23.0 Å². The van der Waals surface area contributed by atoms with E-state index in [1.54, 1.807) is 25.4 Å². The van der Waals surface area contributed by atoms with Gasteiger partial charge in [0.15, 0.2) is 0 Å². The van der Waals surface area contributed by atoms with E-state index in [0.29, 0.717) is 36.6 Å². The lowest BCUT2D eigenvalue weighted by atomic mass is 10.1. The Morgan fingerprint density at radius 2 is 2.09 bits per heavy atom. The standard InChI is InChI=1S/C16H21N3O3S/c1-4-22-15-7-12(3)16(8-11(15)2)23(20,21)19-6-5-13-14(9-19)18-10-17-13/h7-8,10H,4-6,9H2,1-3H3,(H,17,18). The molecule has 0 radical (unpaired) electrons. The fraction of sp³-hybridized carbons (Fsp3) is 0.438. The number of H-pyrrole nitrogens is 1. The number of aryl methyl sites for hydroxylation is 2. The molecule has 1 aliphatic heterocycles. The number of ether oxygens (including phenoxy) is 1. The third-order valence-electron chi connectivity index (χ3n) is 4.13. The molecule has 0 aliphatic carbocycles. The highest BCUT2D eigenvalue weighted by Crippen LogP contribution is 2.30. The van der Waals surface area contributed by atoms with Gasteiger partial charge in [0.2, 0.25) is 10.0 Å². The fourth-order valence-corrected chi connectivity index (χ4v) is 4.58. The molecule has 3 rings (SSSR count). The zero-order chi connectivity index (χ0) is 16.6. The summed E-state index contributed by atoms with van der Waals surface area (Å²) in [6.07, 6.45) is 2.25. The van der Waals surface area contributed by atoms with Gasteiger partial charge in [-0.3, -0.25) is 0 Å². The van der Waals surface area contributed by atoms with Crippen LogP contribution in [0.4, 0.5) is 0 Å². The van der Waals surface area contributed by atoms with E-state index in [1.165, 1.54) is 4.31 Å². The van der Waals surface area contributed by atoms with Crippen molar-refractivity contribution >= 4 is 10.0 Å². The van der Waals surface area contributed by atoms with Crippen molar-refractivity contribution in [3.05, 3.63) is 41.0 Å². The van der Waals surface area contributed by atoms with E-state index >= 15 is 0 Å². The van der Waals surface area contributed by atoms with Gasteiger partial charge >= 0.3 is 0 Å². The Balaban J connectivity index is 1.96. The number of hydrogen-bond donors (Lipinski definition) is 1. The fourth-order valence-electron chi connectivity index (χ4n) is 2.88. The quantitative estimate of drug-likeness (QED) is 0.929. The molecule has 0 amide bonds. The maximum absolute atomic E-state index is 13.0. The van der Waals surface area contributed by atoms with Crippen LogP contribution < -0.4 is 4.74 Å². The minimum atomic E-state index is -3.54. The number of imidazole rings is 1. The number of hydrogen-bond acceptors (Lipinski definition) is 4. The zero-order valence-electron chi connectivity index (χ0n) is 13.6. The molecule has 0 bridgehead atoms. The molecule has 1 aromatic heterocycles. The monoisotopic (exact) mass is 335 g/mol. The van der Waals surface area contributed by atoms with Crippen LogP contribution in [0.25, 0.3) is 0 Å². The average Bonchev–Trinajstić information content (AvgIpc) is 2.98. The first-order valence-corrected chi connectivity index (χ1v) is 9.12. The lowest BCUT2D eigenvalue weighted by molar-refractivity contribution is 0.337. The highest BCUT2D eigenvalue weighted by Gasteiger charge is 2.31. The van der Waals surface area contributed by atoms with E-state index in [2.05, 4.69) is 9.97 Å². The second kappa shape index (κ2) is 5.98. The lowest BCUT2D eigenvalue weighted by Crippen LogP contribution is -2.36. The van der Waals surface area contributed by atoms with E-state index in [0.717, 1.165) is 22.7 Å². The second-order valence-electron chi connectivity index (χ2n) is 5.73. The van der Waals surface area contributed by atoms with Gasteiger partial charge in [-0.2, -0.15) is 4.31 Å². The second-order valence-corrected chi connectivity index (χ2v) is 7.64. The number of fused-ring (bicyclic) bond motifs is 1. The van der Waals surface area contributed by atoms with E-state index in [9.17, 15) is 8.42 Å². The summed E-state index contributed by atoms with van der Waals surface area (Å²) in [5.74, 6) is 0.735. The van der Waals surface area contributed by atoms with Crippen molar-refractivity contribution in [1.29, 1.82) is 0 Å². The molecule has 0 atom stereocenters. The Bertz CT molecular complexity index is 827. The van der Waals surface area contributed by atoms with Crippen molar-refractivity contribution in [2.24, 2.45) is 0 Å². The van der Waals surface area contributed by atoms with Crippen LogP contribution in [0.5, 0.6) is 5.75 Å². The van der Waals surface area contributed by atoms with Gasteiger partial charge in [0.1, 0.15) is 5.75 Å². The van der Waals surface area contributed by atoms with E-state index < -0.39 is 10.0 Å². The van der Waals surface area contributed by atoms with Gasteiger partial charge in [-0.25, -0.2) is 13.4 Å². The van der Waals surface area contributed by atoms with Gasteiger partial charge in [0, 0.05) is 13.0 Å². The van der Waals surface area contributed by atoms with E-state index in [-0.39, 0.29) is 0 Å². The maximum atomic E-state index is 13.0. The predicted molar refractivity (Wildman–Crippen MR) is 87.0 cm³/mol. The van der Waals surface area contributed by atoms with Crippen LogP contribution in [0.15, 0.2) is 23.4 Å². The molecule has 23 heavy (non-hydrogen) atoms. The molecular formula is C16H21N3O3S. The van der Waals surface area contributed by atoms with Crippen molar-refractivity contribution in [3.8, 4) is 5.75 Å². The minimum Gasteiger partial charge on any atom is -0.494 e. The van der Waals surface area contributed by atoms with E-state index in [1.807, 2.05) is 13.8 Å². The Morgan fingerprint density at radius 1 is 1.30 bits per heavy atom. The van der Waals surface area contributed by atoms with Crippen LogP contribution in [-0.4, -0.2) is 35.8 Å². The molecule has 0 spiro atoms. The largest absolute Gasteiger partial charge is 0.494 e. The number of sulfonamides is 1. The Morgan fingerprint density at radius 3 is 2.83 bits per heavy atom. The van der Waals surface area contributed by atoms with Gasteiger partial charge in [-0.05, 0) is 44.0 Å². The van der Waals surface area contributed by atoms with Crippen molar-refractivity contribution in [2.75, 3.05) is 13.2 Å². The van der Waals surface area contributed by atoms with Crippen molar-refractivity contribution in [2.45, 2.75) is 38.6 Å². The number of aromatic nitrogens is 2. The first kappa shape index (κ1) is 16.0. The summed E-state index contributed by atoms with van der Waals surface area (Å²) >= 11 is 0. The SMILES string of the molecule is CCOc1cc(C)c(S(=O)(=O)N2CCc3nc[nH]c3C2)cc1C. The molecule has 1 N–H and O–H groups in total. The number of rotatable bonds is 4. The van der Waals surface area contributed by atoms with Crippen molar-refractivity contribution in [1.82, 2.24) is 14.3 Å². The van der Waals surface area contributed by atoms with Gasteiger partial charge in [0.05, 0.1) is 35.8 Å². The third kappa shape index (κ3) is 2.86. The van der Waals surface area contributed by atoms with Crippen molar-refractivity contribution in [3.63, 3.8) is 0 Å². The Hall–Kier alpha value is -1.86. The molecule has 0 unspecified atom stereocenters. The molecule has 2 heterocycles. The van der Waals surface area contributed by atoms with Crippen LogP contribution in [0.2, 0.25) is 0 Å². The van der Waals surface area contributed by atoms with E-state index in [4.69, 9.17) is 4.74 Å². The number of nitrogens with one attached hydrogen (secondary N) is 1. The van der Waals surface area contributed by atoms with Crippen LogP contribution in [0, 0.1) is 13.8 Å². The normalized spacial score (nSPS) is 15.4. The summed E-state index contributed by atoms with van der Waals surface area (Å²) in [6, 6.07) is 3.51. The number of nitrogens with zero attached hydrogens (tertiary/aromatic N) is 2. The van der Waals surface area contributed by atoms with Gasteiger partial charge < -0.3 is 9.72 Å². The molecule has 1 aliphatic rings. The molecule has 7 heteroatoms. The third-order valence-corrected chi connectivity index (χ3v) is 6.12. The van der Waals surface area contributed by atoms with Gasteiger partial charge in [0.25, 0.3) is 0 Å². The molecule has 1 aromatic carbocycles. The minimum absolute atomic E-state index is 0.337.